The van der Waals surface area contributed by atoms with E-state index in [-0.39, 0.29) is 25.0 Å². The summed E-state index contributed by atoms with van der Waals surface area (Å²) in [5, 5.41) is 15.9. The minimum absolute atomic E-state index is 0.238. The summed E-state index contributed by atoms with van der Waals surface area (Å²) in [6.45, 7) is 5.69. The Labute approximate surface area is 263 Å². The van der Waals surface area contributed by atoms with Gasteiger partial charge in [-0.05, 0) is 44.0 Å². The second-order valence-corrected chi connectivity index (χ2v) is 11.6. The third-order valence-corrected chi connectivity index (χ3v) is 8.65. The second kappa shape index (κ2) is 13.6. The summed E-state index contributed by atoms with van der Waals surface area (Å²) >= 11 is 0. The van der Waals surface area contributed by atoms with Gasteiger partial charge in [0.15, 0.2) is 11.5 Å². The molecule has 0 bridgehead atoms. The highest BCUT2D eigenvalue weighted by Crippen LogP contribution is 2.55. The molecule has 1 aliphatic carbocycles. The molecule has 2 heterocycles. The fraction of sp³-hybridized carbons (Fsp3) is 0.400. The number of aliphatic hydroxyl groups excluding tert-OH is 1. The van der Waals surface area contributed by atoms with Crippen LogP contribution in [0.3, 0.4) is 0 Å². The lowest BCUT2D eigenvalue weighted by atomic mass is 9.69. The number of methoxy groups -OCH3 is 1. The van der Waals surface area contributed by atoms with Crippen LogP contribution in [0.25, 0.3) is 0 Å². The number of aliphatic hydroxyl groups is 1. The first kappa shape index (κ1) is 31.8. The first-order chi connectivity index (χ1) is 21.7. The number of rotatable bonds is 10. The van der Waals surface area contributed by atoms with Crippen LogP contribution in [0.5, 0.6) is 17.2 Å². The maximum absolute atomic E-state index is 14.3. The Kier molecular flexibility index (Phi) is 9.63. The highest BCUT2D eigenvalue weighted by Gasteiger charge is 2.53. The van der Waals surface area contributed by atoms with Crippen molar-refractivity contribution in [1.29, 1.82) is 0 Å². The van der Waals surface area contributed by atoms with Crippen molar-refractivity contribution in [3.63, 3.8) is 0 Å². The number of hydrogen-bond donors (Lipinski definition) is 3. The van der Waals surface area contributed by atoms with Gasteiger partial charge in [0.1, 0.15) is 17.9 Å². The summed E-state index contributed by atoms with van der Waals surface area (Å²) in [5.41, 5.74) is 2.17. The molecule has 0 fully saturated rings. The van der Waals surface area contributed by atoms with Crippen molar-refractivity contribution < 1.29 is 33.7 Å². The molecular formula is C35H41N3O7. The summed E-state index contributed by atoms with van der Waals surface area (Å²) in [6.07, 6.45) is 8.31. The number of amides is 3. The fourth-order valence-electron chi connectivity index (χ4n) is 6.48. The highest BCUT2D eigenvalue weighted by atomic mass is 16.5. The van der Waals surface area contributed by atoms with Gasteiger partial charge >= 0.3 is 0 Å². The van der Waals surface area contributed by atoms with Crippen LogP contribution < -0.4 is 24.8 Å². The quantitative estimate of drug-likeness (QED) is 0.212. The van der Waals surface area contributed by atoms with Crippen molar-refractivity contribution in [2.24, 2.45) is 0 Å². The smallest absolute Gasteiger partial charge is 0.285 e. The van der Waals surface area contributed by atoms with Gasteiger partial charge in [0, 0.05) is 38.4 Å². The van der Waals surface area contributed by atoms with Gasteiger partial charge < -0.3 is 34.9 Å². The molecule has 4 unspecified atom stereocenters. The van der Waals surface area contributed by atoms with Crippen LogP contribution in [0, 0.1) is 0 Å². The molecule has 2 aromatic carbocycles. The van der Waals surface area contributed by atoms with Crippen LogP contribution >= 0.6 is 0 Å². The van der Waals surface area contributed by atoms with Gasteiger partial charge in [-0.15, -0.1) is 0 Å². The molecule has 5 rings (SSSR count). The summed E-state index contributed by atoms with van der Waals surface area (Å²) in [4.78, 5) is 41.8. The Morgan fingerprint density at radius 2 is 1.93 bits per heavy atom. The number of benzene rings is 2. The van der Waals surface area contributed by atoms with E-state index < -0.39 is 35.6 Å². The highest BCUT2D eigenvalue weighted by molar-refractivity contribution is 5.91. The minimum atomic E-state index is -1.36. The number of carbonyl (C=O) groups is 3. The van der Waals surface area contributed by atoms with Crippen LogP contribution in [0.4, 0.5) is 0 Å². The third-order valence-electron chi connectivity index (χ3n) is 8.65. The first-order valence-corrected chi connectivity index (χ1v) is 15.3. The zero-order valence-corrected chi connectivity index (χ0v) is 26.1. The molecule has 5 atom stereocenters. The van der Waals surface area contributed by atoms with E-state index in [1.54, 1.807) is 42.4 Å². The molecule has 0 aromatic heterocycles. The lowest BCUT2D eigenvalue weighted by Crippen LogP contribution is -2.56. The molecule has 0 saturated carbocycles. The second-order valence-electron chi connectivity index (χ2n) is 11.6. The van der Waals surface area contributed by atoms with Crippen molar-refractivity contribution in [3.8, 4) is 17.2 Å². The summed E-state index contributed by atoms with van der Waals surface area (Å²) in [5.74, 6) is 0.318. The van der Waals surface area contributed by atoms with Crippen molar-refractivity contribution in [1.82, 2.24) is 15.5 Å². The Morgan fingerprint density at radius 3 is 2.62 bits per heavy atom. The van der Waals surface area contributed by atoms with Crippen LogP contribution in [-0.2, 0) is 26.3 Å². The van der Waals surface area contributed by atoms with Crippen LogP contribution in [-0.4, -0.2) is 65.9 Å². The zero-order valence-electron chi connectivity index (χ0n) is 26.1. The summed E-state index contributed by atoms with van der Waals surface area (Å²) < 4.78 is 18.2. The van der Waals surface area contributed by atoms with Gasteiger partial charge in [0.25, 0.3) is 12.1 Å². The number of ether oxygens (including phenoxy) is 3. The van der Waals surface area contributed by atoms with Crippen LogP contribution in [0.2, 0.25) is 0 Å². The van der Waals surface area contributed by atoms with Crippen molar-refractivity contribution in [2.75, 3.05) is 13.7 Å². The molecule has 0 saturated heterocycles. The van der Waals surface area contributed by atoms with Crippen molar-refractivity contribution in [3.05, 3.63) is 89.5 Å². The standard InChI is InChI=1S/C35H41N3O7/c1-5-10-23(6-2)19-27(36-22(3)39)32(41)37-33(44-26-11-8-7-9-12-26)34(42)38-18-17-35-16-15-25(40)20-29(35)45-31-28(43-4)14-13-24(21-38)30(31)35/h5-16,25,27,29,33,40H,17-21H2,1-4H3,(H,36,39)(H,37,41)/b10-5-,23-6+/t25?,27?,29-,33?,35?/m1/s1. The van der Waals surface area contributed by atoms with Gasteiger partial charge in [-0.25, -0.2) is 0 Å². The first-order valence-electron chi connectivity index (χ1n) is 15.3. The van der Waals surface area contributed by atoms with Gasteiger partial charge in [-0.1, -0.05) is 60.2 Å². The lowest BCUT2D eigenvalue weighted by Gasteiger charge is -2.36. The molecule has 10 heteroatoms. The Bertz CT molecular complexity index is 1520. The van der Waals surface area contributed by atoms with E-state index in [0.717, 1.165) is 16.7 Å². The van der Waals surface area contributed by atoms with Crippen molar-refractivity contribution in [2.45, 2.75) is 76.5 Å². The summed E-state index contributed by atoms with van der Waals surface area (Å²) in [6, 6.07) is 11.7. The molecule has 2 aromatic rings. The number of para-hydroxylation sites is 1. The van der Waals surface area contributed by atoms with Crippen molar-refractivity contribution >= 4 is 17.7 Å². The Balaban J connectivity index is 1.46. The van der Waals surface area contributed by atoms with E-state index in [1.165, 1.54) is 6.92 Å². The number of carbonyl (C=O) groups excluding carboxylic acids is 3. The molecule has 2 aliphatic heterocycles. The SMILES string of the molecule is C/C=C\C(=C/C)CC(NC(C)=O)C(=O)NC(Oc1ccccc1)C(=O)N1CCC23C=CC(O)C[C@H]2Oc2c(OC)ccc(c23)C1. The van der Waals surface area contributed by atoms with E-state index >= 15 is 0 Å². The third kappa shape index (κ3) is 6.61. The van der Waals surface area contributed by atoms with Gasteiger partial charge in [0.05, 0.1) is 18.6 Å². The van der Waals surface area contributed by atoms with E-state index in [2.05, 4.69) is 10.6 Å². The van der Waals surface area contributed by atoms with Gasteiger partial charge in [-0.3, -0.25) is 14.4 Å². The molecule has 3 N–H and O–H groups in total. The number of nitrogens with one attached hydrogen (secondary N) is 2. The van der Waals surface area contributed by atoms with E-state index in [4.69, 9.17) is 14.2 Å². The normalized spacial score (nSPS) is 23.2. The Hall–Kier alpha value is -4.57. The van der Waals surface area contributed by atoms with Crippen LogP contribution in [0.15, 0.2) is 78.4 Å². The van der Waals surface area contributed by atoms with E-state index in [9.17, 15) is 19.5 Å². The maximum atomic E-state index is 14.3. The molecule has 1 spiro atoms. The molecule has 0 radical (unpaired) electrons. The molecular weight excluding hydrogens is 574 g/mol. The van der Waals surface area contributed by atoms with Crippen LogP contribution in [0.1, 0.15) is 51.2 Å². The fourth-order valence-corrected chi connectivity index (χ4v) is 6.48. The maximum Gasteiger partial charge on any atom is 0.285 e. The largest absolute Gasteiger partial charge is 0.493 e. The topological polar surface area (TPSA) is 126 Å². The van der Waals surface area contributed by atoms with Gasteiger partial charge in [-0.2, -0.15) is 0 Å². The summed E-state index contributed by atoms with van der Waals surface area (Å²) in [7, 11) is 1.59. The average Bonchev–Trinajstić information content (AvgIpc) is 3.26. The molecule has 238 valence electrons. The molecule has 10 nitrogen and oxygen atoms in total. The average molecular weight is 616 g/mol. The number of nitrogens with zero attached hydrogens (tertiary/aromatic N) is 1. The minimum Gasteiger partial charge on any atom is -0.493 e. The molecule has 3 amide bonds. The number of allylic oxidation sites excluding steroid dienone is 3. The zero-order chi connectivity index (χ0) is 32.1. The lowest BCUT2D eigenvalue weighted by molar-refractivity contribution is -0.145. The molecule has 3 aliphatic rings. The number of hydrogen-bond acceptors (Lipinski definition) is 7. The van der Waals surface area contributed by atoms with E-state index in [0.29, 0.717) is 36.6 Å². The predicted molar refractivity (Wildman–Crippen MR) is 169 cm³/mol. The predicted octanol–water partition coefficient (Wildman–Crippen LogP) is 3.69. The van der Waals surface area contributed by atoms with E-state index in [1.807, 2.05) is 56.4 Å². The van der Waals surface area contributed by atoms with Gasteiger partial charge in [0.2, 0.25) is 11.8 Å². The monoisotopic (exact) mass is 615 g/mol. The Morgan fingerprint density at radius 1 is 1.16 bits per heavy atom. The molecule has 45 heavy (non-hydrogen) atoms.